The summed E-state index contributed by atoms with van der Waals surface area (Å²) in [6.07, 6.45) is -0.124. The van der Waals surface area contributed by atoms with Gasteiger partial charge in [0.05, 0.1) is 18.0 Å². The molecule has 0 bridgehead atoms. The number of benzene rings is 1. The SMILES string of the molecule is CC1CN(S(=O)(=O)Cc2ccc(CN)cc2)CC(C)O1. The number of morpholine rings is 1. The van der Waals surface area contributed by atoms with E-state index in [4.69, 9.17) is 10.5 Å². The Morgan fingerprint density at radius 1 is 1.15 bits per heavy atom. The Morgan fingerprint density at radius 2 is 1.65 bits per heavy atom. The Morgan fingerprint density at radius 3 is 2.15 bits per heavy atom. The van der Waals surface area contributed by atoms with Crippen molar-refractivity contribution in [3.05, 3.63) is 35.4 Å². The monoisotopic (exact) mass is 298 g/mol. The Balaban J connectivity index is 2.09. The molecule has 1 aromatic rings. The van der Waals surface area contributed by atoms with Crippen LogP contribution in [-0.4, -0.2) is 38.0 Å². The molecule has 1 aromatic carbocycles. The van der Waals surface area contributed by atoms with E-state index in [1.165, 1.54) is 4.31 Å². The largest absolute Gasteiger partial charge is 0.373 e. The molecule has 2 unspecified atom stereocenters. The molecular formula is C14H22N2O3S. The van der Waals surface area contributed by atoms with Gasteiger partial charge in [-0.25, -0.2) is 8.42 Å². The van der Waals surface area contributed by atoms with E-state index in [1.807, 2.05) is 38.1 Å². The molecule has 0 spiro atoms. The summed E-state index contributed by atoms with van der Waals surface area (Å²) in [6.45, 7) is 5.11. The van der Waals surface area contributed by atoms with Crippen LogP contribution in [0, 0.1) is 0 Å². The number of nitrogens with zero attached hydrogens (tertiary/aromatic N) is 1. The molecule has 0 amide bonds. The maximum Gasteiger partial charge on any atom is 0.218 e. The molecule has 2 rings (SSSR count). The highest BCUT2D eigenvalue weighted by Crippen LogP contribution is 2.18. The molecule has 0 saturated carbocycles. The van der Waals surface area contributed by atoms with Gasteiger partial charge in [0.1, 0.15) is 0 Å². The lowest BCUT2D eigenvalue weighted by molar-refractivity contribution is -0.0441. The number of rotatable bonds is 4. The topological polar surface area (TPSA) is 72.6 Å². The first kappa shape index (κ1) is 15.4. The second-order valence-corrected chi connectivity index (χ2v) is 7.32. The van der Waals surface area contributed by atoms with Crippen LogP contribution in [0.25, 0.3) is 0 Å². The first-order valence-electron chi connectivity index (χ1n) is 6.82. The van der Waals surface area contributed by atoms with Gasteiger partial charge < -0.3 is 10.5 Å². The summed E-state index contributed by atoms with van der Waals surface area (Å²) in [4.78, 5) is 0. The molecule has 0 aliphatic carbocycles. The number of hydrogen-bond donors (Lipinski definition) is 1. The summed E-state index contributed by atoms with van der Waals surface area (Å²) in [5.74, 6) is 0.0251. The predicted octanol–water partition coefficient (Wildman–Crippen LogP) is 1.08. The highest BCUT2D eigenvalue weighted by Gasteiger charge is 2.30. The number of ether oxygens (including phenoxy) is 1. The van der Waals surface area contributed by atoms with E-state index in [9.17, 15) is 8.42 Å². The Bertz CT molecular complexity index is 532. The quantitative estimate of drug-likeness (QED) is 0.903. The third-order valence-electron chi connectivity index (χ3n) is 3.39. The molecule has 2 N–H and O–H groups in total. The third kappa shape index (κ3) is 3.79. The summed E-state index contributed by atoms with van der Waals surface area (Å²) in [6, 6.07) is 7.39. The summed E-state index contributed by atoms with van der Waals surface area (Å²) in [5.41, 5.74) is 7.32. The molecule has 5 nitrogen and oxygen atoms in total. The molecule has 2 atom stereocenters. The van der Waals surface area contributed by atoms with Crippen molar-refractivity contribution in [2.45, 2.75) is 38.4 Å². The van der Waals surface area contributed by atoms with Gasteiger partial charge in [0.15, 0.2) is 0 Å². The minimum absolute atomic E-state index is 0.0251. The van der Waals surface area contributed by atoms with E-state index in [1.54, 1.807) is 0 Å². The normalized spacial score (nSPS) is 24.8. The van der Waals surface area contributed by atoms with E-state index in [0.29, 0.717) is 19.6 Å². The molecule has 6 heteroatoms. The van der Waals surface area contributed by atoms with Gasteiger partial charge in [0.2, 0.25) is 10.0 Å². The van der Waals surface area contributed by atoms with Gasteiger partial charge >= 0.3 is 0 Å². The lowest BCUT2D eigenvalue weighted by Crippen LogP contribution is -2.48. The van der Waals surface area contributed by atoms with Gasteiger partial charge in [-0.3, -0.25) is 0 Å². The fourth-order valence-corrected chi connectivity index (χ4v) is 4.10. The van der Waals surface area contributed by atoms with Crippen LogP contribution in [0.15, 0.2) is 24.3 Å². The fraction of sp³-hybridized carbons (Fsp3) is 0.571. The predicted molar refractivity (Wildman–Crippen MR) is 78.5 cm³/mol. The summed E-state index contributed by atoms with van der Waals surface area (Å²) < 4.78 is 32.0. The average molecular weight is 298 g/mol. The van der Waals surface area contributed by atoms with Crippen molar-refractivity contribution in [2.75, 3.05) is 13.1 Å². The van der Waals surface area contributed by atoms with Crippen molar-refractivity contribution >= 4 is 10.0 Å². The zero-order valence-electron chi connectivity index (χ0n) is 12.0. The Kier molecular flexibility index (Phi) is 4.80. The minimum Gasteiger partial charge on any atom is -0.373 e. The van der Waals surface area contributed by atoms with Crippen LogP contribution in [0.1, 0.15) is 25.0 Å². The second-order valence-electron chi connectivity index (χ2n) is 5.35. The van der Waals surface area contributed by atoms with Crippen LogP contribution in [0.5, 0.6) is 0 Å². The van der Waals surface area contributed by atoms with Crippen molar-refractivity contribution in [3.8, 4) is 0 Å². The molecule has 1 aliphatic heterocycles. The van der Waals surface area contributed by atoms with Gasteiger partial charge in [0, 0.05) is 19.6 Å². The maximum absolute atomic E-state index is 12.4. The third-order valence-corrected chi connectivity index (χ3v) is 5.17. The van der Waals surface area contributed by atoms with E-state index in [2.05, 4.69) is 0 Å². The highest BCUT2D eigenvalue weighted by atomic mass is 32.2. The van der Waals surface area contributed by atoms with Crippen molar-refractivity contribution in [1.29, 1.82) is 0 Å². The first-order valence-corrected chi connectivity index (χ1v) is 8.43. The molecule has 1 aliphatic rings. The molecule has 1 heterocycles. The molecule has 1 fully saturated rings. The van der Waals surface area contributed by atoms with E-state index >= 15 is 0 Å². The van der Waals surface area contributed by atoms with Gasteiger partial charge in [-0.2, -0.15) is 4.31 Å². The maximum atomic E-state index is 12.4. The van der Waals surface area contributed by atoms with Crippen LogP contribution in [-0.2, 0) is 27.1 Å². The highest BCUT2D eigenvalue weighted by molar-refractivity contribution is 7.88. The number of sulfonamides is 1. The zero-order chi connectivity index (χ0) is 14.8. The molecule has 0 radical (unpaired) electrons. The number of nitrogens with two attached hydrogens (primary N) is 1. The summed E-state index contributed by atoms with van der Waals surface area (Å²) in [5, 5.41) is 0. The molecule has 20 heavy (non-hydrogen) atoms. The molecule has 0 aromatic heterocycles. The first-order chi connectivity index (χ1) is 9.40. The number of hydrogen-bond acceptors (Lipinski definition) is 4. The standard InChI is InChI=1S/C14H22N2O3S/c1-11-8-16(9-12(2)19-11)20(17,18)10-14-5-3-13(7-15)4-6-14/h3-6,11-12H,7-10,15H2,1-2H3. The van der Waals surface area contributed by atoms with E-state index in [-0.39, 0.29) is 18.0 Å². The lowest BCUT2D eigenvalue weighted by Gasteiger charge is -2.34. The van der Waals surface area contributed by atoms with Crippen molar-refractivity contribution in [2.24, 2.45) is 5.73 Å². The second kappa shape index (κ2) is 6.22. The van der Waals surface area contributed by atoms with Gasteiger partial charge in [-0.1, -0.05) is 24.3 Å². The van der Waals surface area contributed by atoms with Crippen LogP contribution < -0.4 is 5.73 Å². The van der Waals surface area contributed by atoms with E-state index in [0.717, 1.165) is 11.1 Å². The molecule has 1 saturated heterocycles. The van der Waals surface area contributed by atoms with E-state index < -0.39 is 10.0 Å². The van der Waals surface area contributed by atoms with Crippen LogP contribution in [0.3, 0.4) is 0 Å². The van der Waals surface area contributed by atoms with Crippen molar-refractivity contribution < 1.29 is 13.2 Å². The van der Waals surface area contributed by atoms with Gasteiger partial charge in [-0.15, -0.1) is 0 Å². The van der Waals surface area contributed by atoms with Crippen LogP contribution in [0.4, 0.5) is 0 Å². The molecular weight excluding hydrogens is 276 g/mol. The molecule has 112 valence electrons. The zero-order valence-corrected chi connectivity index (χ0v) is 12.8. The summed E-state index contributed by atoms with van der Waals surface area (Å²) >= 11 is 0. The summed E-state index contributed by atoms with van der Waals surface area (Å²) in [7, 11) is -3.30. The fourth-order valence-electron chi connectivity index (χ4n) is 2.43. The Labute approximate surface area is 120 Å². The van der Waals surface area contributed by atoms with Crippen molar-refractivity contribution in [1.82, 2.24) is 4.31 Å². The lowest BCUT2D eigenvalue weighted by atomic mass is 10.1. The van der Waals surface area contributed by atoms with Crippen molar-refractivity contribution in [3.63, 3.8) is 0 Å². The van der Waals surface area contributed by atoms with Crippen LogP contribution in [0.2, 0.25) is 0 Å². The Hall–Kier alpha value is -0.950. The smallest absolute Gasteiger partial charge is 0.218 e. The van der Waals surface area contributed by atoms with Gasteiger partial charge in [-0.05, 0) is 25.0 Å². The van der Waals surface area contributed by atoms with Gasteiger partial charge in [0.25, 0.3) is 0 Å². The minimum atomic E-state index is -3.30. The van der Waals surface area contributed by atoms with Crippen LogP contribution >= 0.6 is 0 Å². The average Bonchev–Trinajstić information content (AvgIpc) is 2.38.